The number of nitrogens with one attached hydrogen (secondary N) is 1. The monoisotopic (exact) mass is 339 g/mol. The van der Waals surface area contributed by atoms with Crippen LogP contribution in [0.25, 0.3) is 11.0 Å². The van der Waals surface area contributed by atoms with E-state index in [9.17, 15) is 14.0 Å². The van der Waals surface area contributed by atoms with Gasteiger partial charge in [0.25, 0.3) is 11.5 Å². The number of halogens is 1. The molecule has 0 aliphatic heterocycles. The number of rotatable bonds is 3. The fourth-order valence-corrected chi connectivity index (χ4v) is 2.72. The molecule has 0 atom stereocenters. The summed E-state index contributed by atoms with van der Waals surface area (Å²) in [6.45, 7) is 6.17. The van der Waals surface area contributed by atoms with Gasteiger partial charge in [-0.3, -0.25) is 9.59 Å². The molecule has 0 aliphatic rings. The highest BCUT2D eigenvalue weighted by atomic mass is 19.1. The van der Waals surface area contributed by atoms with E-state index >= 15 is 0 Å². The maximum absolute atomic E-state index is 13.3. The maximum Gasteiger partial charge on any atom is 0.282 e. The molecule has 2 aromatic carbocycles. The smallest absolute Gasteiger partial charge is 0.282 e. The van der Waals surface area contributed by atoms with Gasteiger partial charge in [-0.25, -0.2) is 9.37 Å². The molecule has 3 aromatic rings. The summed E-state index contributed by atoms with van der Waals surface area (Å²) in [4.78, 5) is 29.4. The number of hydrogen-bond donors (Lipinski definition) is 1. The number of aryl methyl sites for hydroxylation is 3. The molecule has 0 unspecified atom stereocenters. The van der Waals surface area contributed by atoms with E-state index in [0.29, 0.717) is 17.6 Å². The first-order valence-corrected chi connectivity index (χ1v) is 7.99. The summed E-state index contributed by atoms with van der Waals surface area (Å²) in [5.74, 6) is -1.13. The molecular weight excluding hydrogens is 321 g/mol. The number of hydrogen-bond acceptors (Lipinski definition) is 3. The Hall–Kier alpha value is -3.02. The molecule has 0 saturated carbocycles. The quantitative estimate of drug-likeness (QED) is 0.795. The second-order valence-electron chi connectivity index (χ2n) is 5.90. The Bertz CT molecular complexity index is 1040. The number of nitrogens with zero attached hydrogens (tertiary/aromatic N) is 2. The fourth-order valence-electron chi connectivity index (χ4n) is 2.72. The molecule has 5 nitrogen and oxygen atoms in total. The summed E-state index contributed by atoms with van der Waals surface area (Å²) in [6.07, 6.45) is 0. The summed E-state index contributed by atoms with van der Waals surface area (Å²) in [6, 6.07) is 9.25. The van der Waals surface area contributed by atoms with Crippen LogP contribution in [-0.2, 0) is 6.54 Å². The normalized spacial score (nSPS) is 10.9. The van der Waals surface area contributed by atoms with Crippen molar-refractivity contribution in [3.05, 3.63) is 69.4 Å². The number of amides is 1. The Morgan fingerprint density at radius 2 is 1.92 bits per heavy atom. The Balaban J connectivity index is 2.12. The first-order chi connectivity index (χ1) is 11.9. The van der Waals surface area contributed by atoms with Crippen LogP contribution in [0.15, 0.2) is 41.2 Å². The highest BCUT2D eigenvalue weighted by molar-refractivity contribution is 6.03. The van der Waals surface area contributed by atoms with Crippen molar-refractivity contribution >= 4 is 22.6 Å². The fraction of sp³-hybridized carbons (Fsp3) is 0.211. The third-order valence-electron chi connectivity index (χ3n) is 4.18. The van der Waals surface area contributed by atoms with Gasteiger partial charge >= 0.3 is 0 Å². The predicted octanol–water partition coefficient (Wildman–Crippen LogP) is 3.42. The van der Waals surface area contributed by atoms with Crippen molar-refractivity contribution < 1.29 is 9.18 Å². The molecule has 0 spiro atoms. The third-order valence-corrected chi connectivity index (χ3v) is 4.18. The van der Waals surface area contributed by atoms with Crippen molar-refractivity contribution in [1.82, 2.24) is 9.55 Å². The molecule has 0 bridgehead atoms. The molecule has 6 heteroatoms. The zero-order valence-corrected chi connectivity index (χ0v) is 14.3. The lowest BCUT2D eigenvalue weighted by Gasteiger charge is -2.12. The molecule has 1 N–H and O–H groups in total. The largest absolute Gasteiger partial charge is 0.320 e. The summed E-state index contributed by atoms with van der Waals surface area (Å²) in [5.41, 5.74) is 2.95. The standard InChI is InChI=1S/C19H18FN3O2/c1-4-23-16-9-12(3)11(2)8-15(16)22-17(19(23)25)18(24)21-14-7-5-6-13(20)10-14/h5-10H,4H2,1-3H3,(H,21,24). The minimum Gasteiger partial charge on any atom is -0.320 e. The lowest BCUT2D eigenvalue weighted by molar-refractivity contribution is 0.102. The zero-order valence-electron chi connectivity index (χ0n) is 14.3. The topological polar surface area (TPSA) is 64.0 Å². The van der Waals surface area contributed by atoms with E-state index < -0.39 is 17.3 Å². The predicted molar refractivity (Wildman–Crippen MR) is 95.5 cm³/mol. The van der Waals surface area contributed by atoms with Gasteiger partial charge in [0.15, 0.2) is 5.69 Å². The van der Waals surface area contributed by atoms with Crippen molar-refractivity contribution in [2.24, 2.45) is 0 Å². The van der Waals surface area contributed by atoms with Gasteiger partial charge in [0.2, 0.25) is 0 Å². The van der Waals surface area contributed by atoms with Crippen molar-refractivity contribution in [2.45, 2.75) is 27.3 Å². The van der Waals surface area contributed by atoms with E-state index in [2.05, 4.69) is 10.3 Å². The Kier molecular flexibility index (Phi) is 4.35. The first kappa shape index (κ1) is 16.8. The van der Waals surface area contributed by atoms with Gasteiger partial charge in [-0.2, -0.15) is 0 Å². The molecule has 25 heavy (non-hydrogen) atoms. The van der Waals surface area contributed by atoms with E-state index in [4.69, 9.17) is 0 Å². The van der Waals surface area contributed by atoms with Crippen LogP contribution in [0, 0.1) is 19.7 Å². The van der Waals surface area contributed by atoms with Crippen LogP contribution >= 0.6 is 0 Å². The molecule has 1 amide bonds. The van der Waals surface area contributed by atoms with Gasteiger partial charge in [-0.15, -0.1) is 0 Å². The lowest BCUT2D eigenvalue weighted by atomic mass is 10.1. The highest BCUT2D eigenvalue weighted by Crippen LogP contribution is 2.17. The Morgan fingerprint density at radius 3 is 2.60 bits per heavy atom. The summed E-state index contributed by atoms with van der Waals surface area (Å²) >= 11 is 0. The van der Waals surface area contributed by atoms with Gasteiger partial charge in [0, 0.05) is 12.2 Å². The van der Waals surface area contributed by atoms with E-state index in [1.54, 1.807) is 6.07 Å². The number of anilines is 1. The van der Waals surface area contributed by atoms with E-state index in [1.807, 2.05) is 32.9 Å². The highest BCUT2D eigenvalue weighted by Gasteiger charge is 2.18. The van der Waals surface area contributed by atoms with Crippen LogP contribution in [-0.4, -0.2) is 15.5 Å². The number of fused-ring (bicyclic) bond motifs is 1. The summed E-state index contributed by atoms with van der Waals surface area (Å²) in [7, 11) is 0. The average molecular weight is 339 g/mol. The number of carbonyl (C=O) groups excluding carboxylic acids is 1. The molecular formula is C19H18FN3O2. The van der Waals surface area contributed by atoms with E-state index in [1.165, 1.54) is 22.8 Å². The van der Waals surface area contributed by atoms with Crippen LogP contribution in [0.2, 0.25) is 0 Å². The molecule has 3 rings (SSSR count). The van der Waals surface area contributed by atoms with Crippen molar-refractivity contribution in [3.8, 4) is 0 Å². The second-order valence-corrected chi connectivity index (χ2v) is 5.90. The van der Waals surface area contributed by atoms with Gasteiger partial charge in [0.1, 0.15) is 5.82 Å². The molecule has 1 aromatic heterocycles. The van der Waals surface area contributed by atoms with Gasteiger partial charge in [-0.05, 0) is 62.2 Å². The molecule has 0 aliphatic carbocycles. The van der Waals surface area contributed by atoms with Crippen molar-refractivity contribution in [3.63, 3.8) is 0 Å². The van der Waals surface area contributed by atoms with E-state index in [0.717, 1.165) is 11.1 Å². The maximum atomic E-state index is 13.3. The first-order valence-electron chi connectivity index (χ1n) is 7.99. The van der Waals surface area contributed by atoms with Crippen LogP contribution in [0.1, 0.15) is 28.5 Å². The number of benzene rings is 2. The lowest BCUT2D eigenvalue weighted by Crippen LogP contribution is -2.31. The summed E-state index contributed by atoms with van der Waals surface area (Å²) < 4.78 is 14.8. The average Bonchev–Trinajstić information content (AvgIpc) is 2.56. The molecule has 0 radical (unpaired) electrons. The van der Waals surface area contributed by atoms with Crippen molar-refractivity contribution in [2.75, 3.05) is 5.32 Å². The number of carbonyl (C=O) groups is 1. The minimum atomic E-state index is -0.655. The van der Waals surface area contributed by atoms with Crippen LogP contribution in [0.5, 0.6) is 0 Å². The van der Waals surface area contributed by atoms with Gasteiger partial charge < -0.3 is 9.88 Å². The van der Waals surface area contributed by atoms with Crippen LogP contribution in [0.3, 0.4) is 0 Å². The molecule has 1 heterocycles. The molecule has 0 fully saturated rings. The third kappa shape index (κ3) is 3.15. The summed E-state index contributed by atoms with van der Waals surface area (Å²) in [5, 5.41) is 2.53. The van der Waals surface area contributed by atoms with Gasteiger partial charge in [0.05, 0.1) is 11.0 Å². The zero-order chi connectivity index (χ0) is 18.1. The molecule has 128 valence electrons. The Morgan fingerprint density at radius 1 is 1.20 bits per heavy atom. The van der Waals surface area contributed by atoms with Crippen LogP contribution in [0.4, 0.5) is 10.1 Å². The number of aromatic nitrogens is 2. The molecule has 0 saturated heterocycles. The van der Waals surface area contributed by atoms with E-state index in [-0.39, 0.29) is 11.4 Å². The van der Waals surface area contributed by atoms with Crippen molar-refractivity contribution in [1.29, 1.82) is 0 Å². The Labute approximate surface area is 144 Å². The van der Waals surface area contributed by atoms with Gasteiger partial charge in [-0.1, -0.05) is 6.07 Å². The van der Waals surface area contributed by atoms with Crippen LogP contribution < -0.4 is 10.9 Å². The SMILES string of the molecule is CCn1c(=O)c(C(=O)Nc2cccc(F)c2)nc2cc(C)c(C)cc21. The second kappa shape index (κ2) is 6.47. The minimum absolute atomic E-state index is 0.207.